The third-order valence-corrected chi connectivity index (χ3v) is 3.51. The maximum absolute atomic E-state index is 8.67. The molecule has 1 N–H and O–H groups in total. The summed E-state index contributed by atoms with van der Waals surface area (Å²) in [5.41, 5.74) is 1.04. The van der Waals surface area contributed by atoms with Gasteiger partial charge in [0.1, 0.15) is 0 Å². The molecule has 2 atom stereocenters. The van der Waals surface area contributed by atoms with Gasteiger partial charge in [-0.1, -0.05) is 24.4 Å². The lowest BCUT2D eigenvalue weighted by Gasteiger charge is -2.35. The highest BCUT2D eigenvalue weighted by Gasteiger charge is 2.30. The molecule has 0 spiro atoms. The Balaban J connectivity index is 1.98. The van der Waals surface area contributed by atoms with E-state index in [9.17, 15) is 0 Å². The van der Waals surface area contributed by atoms with Crippen LogP contribution in [0.1, 0.15) is 44.9 Å². The SMILES string of the molecule is O/N=C1\CC[C@@H]2CCCC[C@@H]2C1. The van der Waals surface area contributed by atoms with Crippen LogP contribution in [0.3, 0.4) is 0 Å². The highest BCUT2D eigenvalue weighted by Crippen LogP contribution is 2.39. The smallest absolute Gasteiger partial charge is 0.0573 e. The quantitative estimate of drug-likeness (QED) is 0.436. The summed E-state index contributed by atoms with van der Waals surface area (Å²) in [6.07, 6.45) is 8.97. The Morgan fingerprint density at radius 3 is 2.58 bits per heavy atom. The van der Waals surface area contributed by atoms with Crippen LogP contribution in [0.4, 0.5) is 0 Å². The molecule has 0 aromatic heterocycles. The molecular weight excluding hydrogens is 150 g/mol. The van der Waals surface area contributed by atoms with Gasteiger partial charge in [0, 0.05) is 0 Å². The average molecular weight is 167 g/mol. The highest BCUT2D eigenvalue weighted by molar-refractivity contribution is 5.84. The van der Waals surface area contributed by atoms with E-state index >= 15 is 0 Å². The fourth-order valence-corrected chi connectivity index (χ4v) is 2.78. The molecule has 2 aliphatic carbocycles. The first-order valence-electron chi connectivity index (χ1n) is 5.10. The van der Waals surface area contributed by atoms with Crippen LogP contribution in [-0.2, 0) is 0 Å². The molecule has 0 aliphatic heterocycles. The molecule has 2 rings (SSSR count). The fourth-order valence-electron chi connectivity index (χ4n) is 2.78. The van der Waals surface area contributed by atoms with Crippen LogP contribution in [0.2, 0.25) is 0 Å². The predicted octanol–water partition coefficient (Wildman–Crippen LogP) is 2.81. The molecule has 0 heterocycles. The van der Waals surface area contributed by atoms with Gasteiger partial charge >= 0.3 is 0 Å². The minimum Gasteiger partial charge on any atom is -0.411 e. The topological polar surface area (TPSA) is 32.6 Å². The monoisotopic (exact) mass is 167 g/mol. The molecule has 2 fully saturated rings. The molecule has 68 valence electrons. The predicted molar refractivity (Wildman–Crippen MR) is 48.5 cm³/mol. The average Bonchev–Trinajstić information content (AvgIpc) is 2.17. The lowest BCUT2D eigenvalue weighted by atomic mass is 9.70. The van der Waals surface area contributed by atoms with Crippen molar-refractivity contribution in [1.29, 1.82) is 0 Å². The van der Waals surface area contributed by atoms with E-state index in [1.54, 1.807) is 0 Å². The molecule has 0 amide bonds. The van der Waals surface area contributed by atoms with Crippen LogP contribution in [-0.4, -0.2) is 10.9 Å². The first kappa shape index (κ1) is 8.09. The maximum Gasteiger partial charge on any atom is 0.0573 e. The van der Waals surface area contributed by atoms with Crippen molar-refractivity contribution in [2.75, 3.05) is 0 Å². The molecule has 2 saturated carbocycles. The van der Waals surface area contributed by atoms with Crippen molar-refractivity contribution in [3.8, 4) is 0 Å². The second kappa shape index (κ2) is 3.46. The van der Waals surface area contributed by atoms with Gasteiger partial charge in [-0.15, -0.1) is 0 Å². The van der Waals surface area contributed by atoms with Crippen LogP contribution >= 0.6 is 0 Å². The van der Waals surface area contributed by atoms with Crippen LogP contribution in [0.15, 0.2) is 5.16 Å². The van der Waals surface area contributed by atoms with E-state index < -0.39 is 0 Å². The number of hydrogen-bond acceptors (Lipinski definition) is 2. The van der Waals surface area contributed by atoms with Crippen molar-refractivity contribution >= 4 is 5.71 Å². The standard InChI is InChI=1S/C10H17NO/c12-11-10-6-5-8-3-1-2-4-9(8)7-10/h8-9,12H,1-7H2/b11-10+/t8-,9+/m0/s1. The summed E-state index contributed by atoms with van der Waals surface area (Å²) in [5.74, 6) is 1.79. The van der Waals surface area contributed by atoms with Crippen LogP contribution < -0.4 is 0 Å². The van der Waals surface area contributed by atoms with Crippen molar-refractivity contribution in [2.24, 2.45) is 17.0 Å². The Morgan fingerprint density at radius 1 is 1.08 bits per heavy atom. The number of rotatable bonds is 0. The Kier molecular flexibility index (Phi) is 2.33. The van der Waals surface area contributed by atoms with E-state index in [0.29, 0.717) is 0 Å². The number of nitrogens with zero attached hydrogens (tertiary/aromatic N) is 1. The molecule has 0 bridgehead atoms. The minimum atomic E-state index is 0.846. The van der Waals surface area contributed by atoms with Gasteiger partial charge in [0.05, 0.1) is 5.71 Å². The normalized spacial score (nSPS) is 39.5. The summed E-state index contributed by atoms with van der Waals surface area (Å²) >= 11 is 0. The highest BCUT2D eigenvalue weighted by atomic mass is 16.4. The Hall–Kier alpha value is -0.530. The fraction of sp³-hybridized carbons (Fsp3) is 0.900. The van der Waals surface area contributed by atoms with Gasteiger partial charge in [-0.2, -0.15) is 0 Å². The maximum atomic E-state index is 8.67. The van der Waals surface area contributed by atoms with Gasteiger partial charge < -0.3 is 5.21 Å². The Labute approximate surface area is 73.7 Å². The van der Waals surface area contributed by atoms with Crippen molar-refractivity contribution in [3.63, 3.8) is 0 Å². The molecule has 0 saturated heterocycles. The van der Waals surface area contributed by atoms with Crippen LogP contribution in [0.5, 0.6) is 0 Å². The molecule has 2 heteroatoms. The molecule has 2 aliphatic rings. The second-order valence-corrected chi connectivity index (χ2v) is 4.21. The van der Waals surface area contributed by atoms with Crippen molar-refractivity contribution in [2.45, 2.75) is 44.9 Å². The molecule has 2 nitrogen and oxygen atoms in total. The van der Waals surface area contributed by atoms with E-state index in [-0.39, 0.29) is 0 Å². The first-order valence-corrected chi connectivity index (χ1v) is 5.10. The van der Waals surface area contributed by atoms with Gasteiger partial charge in [0.15, 0.2) is 0 Å². The number of oxime groups is 1. The largest absolute Gasteiger partial charge is 0.411 e. The summed E-state index contributed by atoms with van der Waals surface area (Å²) < 4.78 is 0. The van der Waals surface area contributed by atoms with E-state index in [1.807, 2.05) is 0 Å². The Morgan fingerprint density at radius 2 is 1.83 bits per heavy atom. The van der Waals surface area contributed by atoms with E-state index in [1.165, 1.54) is 32.1 Å². The zero-order valence-corrected chi connectivity index (χ0v) is 7.50. The van der Waals surface area contributed by atoms with Gasteiger partial charge in [-0.05, 0) is 37.5 Å². The van der Waals surface area contributed by atoms with Gasteiger partial charge in [-0.25, -0.2) is 0 Å². The summed E-state index contributed by atoms with van der Waals surface area (Å²) in [6.45, 7) is 0. The summed E-state index contributed by atoms with van der Waals surface area (Å²) in [4.78, 5) is 0. The third-order valence-electron chi connectivity index (χ3n) is 3.51. The summed E-state index contributed by atoms with van der Waals surface area (Å²) in [5, 5.41) is 12.0. The molecule has 0 unspecified atom stereocenters. The van der Waals surface area contributed by atoms with Crippen molar-refractivity contribution in [3.05, 3.63) is 0 Å². The van der Waals surface area contributed by atoms with Crippen LogP contribution in [0, 0.1) is 11.8 Å². The third kappa shape index (κ3) is 1.47. The lowest BCUT2D eigenvalue weighted by molar-refractivity contribution is 0.212. The minimum absolute atomic E-state index is 0.846. The van der Waals surface area contributed by atoms with Gasteiger partial charge in [0.2, 0.25) is 0 Å². The second-order valence-electron chi connectivity index (χ2n) is 4.21. The molecular formula is C10H17NO. The van der Waals surface area contributed by atoms with Crippen molar-refractivity contribution < 1.29 is 5.21 Å². The van der Waals surface area contributed by atoms with E-state index in [2.05, 4.69) is 5.16 Å². The zero-order valence-electron chi connectivity index (χ0n) is 7.50. The van der Waals surface area contributed by atoms with Crippen molar-refractivity contribution in [1.82, 2.24) is 0 Å². The number of hydrogen-bond donors (Lipinski definition) is 1. The van der Waals surface area contributed by atoms with Crippen LogP contribution in [0.25, 0.3) is 0 Å². The molecule has 0 aromatic rings. The van der Waals surface area contributed by atoms with E-state index in [4.69, 9.17) is 5.21 Å². The Bertz CT molecular complexity index is 188. The lowest BCUT2D eigenvalue weighted by Crippen LogP contribution is -2.27. The summed E-state index contributed by atoms with van der Waals surface area (Å²) in [7, 11) is 0. The zero-order chi connectivity index (χ0) is 8.39. The number of fused-ring (bicyclic) bond motifs is 1. The molecule has 12 heavy (non-hydrogen) atoms. The molecule has 0 aromatic carbocycles. The summed E-state index contributed by atoms with van der Waals surface area (Å²) in [6, 6.07) is 0. The molecule has 0 radical (unpaired) electrons. The van der Waals surface area contributed by atoms with Gasteiger partial charge in [0.25, 0.3) is 0 Å². The first-order chi connectivity index (χ1) is 5.90. The van der Waals surface area contributed by atoms with E-state index in [0.717, 1.165) is 30.4 Å². The van der Waals surface area contributed by atoms with Gasteiger partial charge in [-0.3, -0.25) is 0 Å².